The zero-order chi connectivity index (χ0) is 19.6. The Morgan fingerprint density at radius 2 is 1.89 bits per heavy atom. The second-order valence-corrected chi connectivity index (χ2v) is 8.56. The molecule has 2 heterocycles. The third-order valence-corrected chi connectivity index (χ3v) is 6.39. The van der Waals surface area contributed by atoms with E-state index in [4.69, 9.17) is 5.10 Å². The Hall–Kier alpha value is -2.58. The first-order valence-electron chi connectivity index (χ1n) is 9.29. The third kappa shape index (κ3) is 3.83. The van der Waals surface area contributed by atoms with Gasteiger partial charge in [0.25, 0.3) is 0 Å². The standard InChI is InChI=1S/C20H21FN4O2S/c21-16-4-3-5-17(14-16)28(26,27)23-12-13-25-19-7-2-1-6-18(19)20(24-25)15-8-10-22-11-9-15/h3-5,8-11,14,23H,1-2,6-7,12-13H2. The van der Waals surface area contributed by atoms with Crippen LogP contribution in [0, 0.1) is 5.82 Å². The first-order valence-corrected chi connectivity index (χ1v) is 10.8. The van der Waals surface area contributed by atoms with Crippen LogP contribution in [0.3, 0.4) is 0 Å². The summed E-state index contributed by atoms with van der Waals surface area (Å²) in [6, 6.07) is 8.87. The van der Waals surface area contributed by atoms with E-state index in [1.54, 1.807) is 12.4 Å². The molecule has 1 N–H and O–H groups in total. The normalized spacial score (nSPS) is 14.0. The van der Waals surface area contributed by atoms with Crippen molar-refractivity contribution in [1.29, 1.82) is 0 Å². The van der Waals surface area contributed by atoms with Crippen LogP contribution < -0.4 is 4.72 Å². The molecule has 28 heavy (non-hydrogen) atoms. The van der Waals surface area contributed by atoms with Crippen molar-refractivity contribution in [2.75, 3.05) is 6.54 Å². The molecular weight excluding hydrogens is 379 g/mol. The van der Waals surface area contributed by atoms with Crippen molar-refractivity contribution in [3.63, 3.8) is 0 Å². The topological polar surface area (TPSA) is 76.9 Å². The lowest BCUT2D eigenvalue weighted by atomic mass is 9.94. The van der Waals surface area contributed by atoms with E-state index in [1.807, 2.05) is 16.8 Å². The molecule has 0 fully saturated rings. The minimum absolute atomic E-state index is 0.0764. The molecule has 146 valence electrons. The van der Waals surface area contributed by atoms with Crippen LogP contribution in [-0.2, 0) is 29.4 Å². The molecule has 0 radical (unpaired) electrons. The van der Waals surface area contributed by atoms with Crippen LogP contribution >= 0.6 is 0 Å². The van der Waals surface area contributed by atoms with E-state index in [2.05, 4.69) is 9.71 Å². The van der Waals surface area contributed by atoms with E-state index >= 15 is 0 Å². The van der Waals surface area contributed by atoms with E-state index in [-0.39, 0.29) is 11.4 Å². The zero-order valence-corrected chi connectivity index (χ0v) is 16.1. The number of fused-ring (bicyclic) bond motifs is 1. The molecule has 0 aliphatic heterocycles. The lowest BCUT2D eigenvalue weighted by Crippen LogP contribution is -2.28. The van der Waals surface area contributed by atoms with Gasteiger partial charge in [-0.15, -0.1) is 0 Å². The Morgan fingerprint density at radius 3 is 2.68 bits per heavy atom. The number of halogens is 1. The lowest BCUT2D eigenvalue weighted by Gasteiger charge is -2.14. The highest BCUT2D eigenvalue weighted by molar-refractivity contribution is 7.89. The van der Waals surface area contributed by atoms with E-state index in [0.717, 1.165) is 43.0 Å². The molecule has 0 saturated carbocycles. The molecule has 3 aromatic rings. The summed E-state index contributed by atoms with van der Waals surface area (Å²) in [5.41, 5.74) is 4.38. The van der Waals surface area contributed by atoms with Crippen LogP contribution in [-0.4, -0.2) is 29.7 Å². The summed E-state index contributed by atoms with van der Waals surface area (Å²) in [5.74, 6) is -0.578. The number of hydrogen-bond donors (Lipinski definition) is 1. The number of nitrogens with one attached hydrogen (secondary N) is 1. The number of aromatic nitrogens is 3. The van der Waals surface area contributed by atoms with E-state index in [0.29, 0.717) is 6.54 Å². The molecule has 8 heteroatoms. The molecule has 1 aliphatic carbocycles. The van der Waals surface area contributed by atoms with Crippen molar-refractivity contribution >= 4 is 10.0 Å². The van der Waals surface area contributed by atoms with Crippen molar-refractivity contribution in [2.45, 2.75) is 37.1 Å². The molecule has 1 aliphatic rings. The molecule has 0 unspecified atom stereocenters. The molecule has 0 bridgehead atoms. The van der Waals surface area contributed by atoms with Gasteiger partial charge in [0.15, 0.2) is 0 Å². The van der Waals surface area contributed by atoms with Crippen LogP contribution in [0.15, 0.2) is 53.7 Å². The van der Waals surface area contributed by atoms with Crippen LogP contribution in [0.5, 0.6) is 0 Å². The molecule has 2 aromatic heterocycles. The molecule has 1 aromatic carbocycles. The average Bonchev–Trinajstić information content (AvgIpc) is 3.07. The van der Waals surface area contributed by atoms with Gasteiger partial charge >= 0.3 is 0 Å². The van der Waals surface area contributed by atoms with Gasteiger partial charge in [-0.1, -0.05) is 6.07 Å². The highest BCUT2D eigenvalue weighted by atomic mass is 32.2. The fourth-order valence-corrected chi connectivity index (χ4v) is 4.65. The maximum atomic E-state index is 13.3. The first-order chi connectivity index (χ1) is 13.5. The second-order valence-electron chi connectivity index (χ2n) is 6.80. The fraction of sp³-hybridized carbons (Fsp3) is 0.300. The number of benzene rings is 1. The van der Waals surface area contributed by atoms with Gasteiger partial charge in [0.2, 0.25) is 10.0 Å². The van der Waals surface area contributed by atoms with Gasteiger partial charge in [-0.2, -0.15) is 5.10 Å². The molecule has 0 spiro atoms. The molecule has 0 atom stereocenters. The molecule has 4 rings (SSSR count). The van der Waals surface area contributed by atoms with Gasteiger partial charge in [0.05, 0.1) is 17.1 Å². The van der Waals surface area contributed by atoms with Gasteiger partial charge in [-0.3, -0.25) is 9.67 Å². The third-order valence-electron chi connectivity index (χ3n) is 4.93. The van der Waals surface area contributed by atoms with E-state index in [9.17, 15) is 12.8 Å². The maximum Gasteiger partial charge on any atom is 0.240 e. The van der Waals surface area contributed by atoms with Crippen molar-refractivity contribution in [3.05, 3.63) is 65.9 Å². The predicted molar refractivity (Wildman–Crippen MR) is 104 cm³/mol. The minimum Gasteiger partial charge on any atom is -0.267 e. The van der Waals surface area contributed by atoms with Crippen molar-refractivity contribution in [3.8, 4) is 11.3 Å². The summed E-state index contributed by atoms with van der Waals surface area (Å²) >= 11 is 0. The van der Waals surface area contributed by atoms with Gasteiger partial charge in [0.1, 0.15) is 5.82 Å². The van der Waals surface area contributed by atoms with E-state index < -0.39 is 15.8 Å². The van der Waals surface area contributed by atoms with E-state index in [1.165, 1.54) is 29.5 Å². The predicted octanol–water partition coefficient (Wildman–Crippen LogP) is 2.94. The quantitative estimate of drug-likeness (QED) is 0.690. The Morgan fingerprint density at radius 1 is 1.11 bits per heavy atom. The molecular formula is C20H21FN4O2S. The molecule has 0 saturated heterocycles. The van der Waals surface area contributed by atoms with Gasteiger partial charge < -0.3 is 0 Å². The van der Waals surface area contributed by atoms with Gasteiger partial charge in [0, 0.05) is 35.8 Å². The summed E-state index contributed by atoms with van der Waals surface area (Å²) in [7, 11) is -3.76. The van der Waals surface area contributed by atoms with Crippen molar-refractivity contribution < 1.29 is 12.8 Å². The molecule has 0 amide bonds. The number of pyridine rings is 1. The van der Waals surface area contributed by atoms with Gasteiger partial charge in [-0.25, -0.2) is 17.5 Å². The summed E-state index contributed by atoms with van der Waals surface area (Å²) in [6.45, 7) is 0.602. The number of sulfonamides is 1. The minimum atomic E-state index is -3.76. The number of hydrogen-bond acceptors (Lipinski definition) is 4. The monoisotopic (exact) mass is 400 g/mol. The summed E-state index contributed by atoms with van der Waals surface area (Å²) in [5, 5.41) is 4.76. The maximum absolute atomic E-state index is 13.3. The van der Waals surface area contributed by atoms with Crippen LogP contribution in [0.25, 0.3) is 11.3 Å². The highest BCUT2D eigenvalue weighted by Crippen LogP contribution is 2.30. The smallest absolute Gasteiger partial charge is 0.240 e. The highest BCUT2D eigenvalue weighted by Gasteiger charge is 2.22. The van der Waals surface area contributed by atoms with Crippen LogP contribution in [0.1, 0.15) is 24.1 Å². The fourth-order valence-electron chi connectivity index (χ4n) is 3.60. The lowest BCUT2D eigenvalue weighted by molar-refractivity contribution is 0.538. The molecule has 6 nitrogen and oxygen atoms in total. The Bertz CT molecular complexity index is 1080. The van der Waals surface area contributed by atoms with Crippen molar-refractivity contribution in [1.82, 2.24) is 19.5 Å². The summed E-state index contributed by atoms with van der Waals surface area (Å²) in [4.78, 5) is 3.99. The van der Waals surface area contributed by atoms with Crippen molar-refractivity contribution in [2.24, 2.45) is 0 Å². The number of rotatable bonds is 6. The largest absolute Gasteiger partial charge is 0.267 e. The summed E-state index contributed by atoms with van der Waals surface area (Å²) < 4.78 is 42.5. The Balaban J connectivity index is 1.53. The SMILES string of the molecule is O=S(=O)(NCCn1nc(-c2ccncc2)c2c1CCCC2)c1cccc(F)c1. The summed E-state index contributed by atoms with van der Waals surface area (Å²) in [6.07, 6.45) is 7.63. The van der Waals surface area contributed by atoms with Gasteiger partial charge in [-0.05, 0) is 56.0 Å². The Labute approximate surface area is 163 Å². The number of nitrogens with zero attached hydrogens (tertiary/aromatic N) is 3. The Kier molecular flexibility index (Phi) is 5.23. The second kappa shape index (κ2) is 7.81. The van der Waals surface area contributed by atoms with Crippen LogP contribution in [0.2, 0.25) is 0 Å². The zero-order valence-electron chi connectivity index (χ0n) is 15.3. The average molecular weight is 400 g/mol. The first kappa shape index (κ1) is 18.8. The van der Waals surface area contributed by atoms with Crippen LogP contribution in [0.4, 0.5) is 4.39 Å².